The van der Waals surface area contributed by atoms with Crippen LogP contribution in [-0.2, 0) is 12.8 Å². The highest BCUT2D eigenvalue weighted by Gasteiger charge is 2.32. The second-order valence-electron chi connectivity index (χ2n) is 6.77. The minimum Gasteiger partial charge on any atom is -0.441 e. The Hall–Kier alpha value is -2.53. The number of halogens is 1. The molecule has 2 unspecified atom stereocenters. The fraction of sp³-hybridized carbons (Fsp3) is 0.300. The van der Waals surface area contributed by atoms with Crippen LogP contribution in [0.3, 0.4) is 0 Å². The normalized spacial score (nSPS) is 21.8. The number of fused-ring (bicyclic) bond motifs is 1. The summed E-state index contributed by atoms with van der Waals surface area (Å²) in [4.78, 5) is 9.36. The quantitative estimate of drug-likeness (QED) is 0.740. The van der Waals surface area contributed by atoms with Crippen molar-refractivity contribution in [2.75, 3.05) is 6.54 Å². The number of pyridine rings is 1. The Morgan fingerprint density at radius 2 is 2.00 bits per heavy atom. The Bertz CT molecular complexity index is 915. The maximum Gasteiger partial charge on any atom is 0.226 e. The van der Waals surface area contributed by atoms with Gasteiger partial charge in [-0.25, -0.2) is 9.37 Å². The van der Waals surface area contributed by atoms with Crippen molar-refractivity contribution in [1.82, 2.24) is 15.3 Å². The van der Waals surface area contributed by atoms with Gasteiger partial charge in [-0.3, -0.25) is 4.98 Å². The lowest BCUT2D eigenvalue weighted by Crippen LogP contribution is -2.15. The van der Waals surface area contributed by atoms with E-state index in [2.05, 4.69) is 21.4 Å². The number of nitrogens with zero attached hydrogens (tertiary/aromatic N) is 2. The Morgan fingerprint density at radius 1 is 1.16 bits per heavy atom. The molecule has 1 N–H and O–H groups in total. The van der Waals surface area contributed by atoms with Gasteiger partial charge >= 0.3 is 0 Å². The highest BCUT2D eigenvalue weighted by atomic mass is 19.1. The van der Waals surface area contributed by atoms with E-state index >= 15 is 0 Å². The fourth-order valence-electron chi connectivity index (χ4n) is 3.67. The van der Waals surface area contributed by atoms with Crippen LogP contribution in [0.4, 0.5) is 4.39 Å². The third-order valence-electron chi connectivity index (χ3n) is 5.07. The summed E-state index contributed by atoms with van der Waals surface area (Å²) in [5.74, 6) is 1.65. The van der Waals surface area contributed by atoms with E-state index in [0.717, 1.165) is 42.8 Å². The third kappa shape index (κ3) is 2.74. The van der Waals surface area contributed by atoms with Gasteiger partial charge in [-0.1, -0.05) is 6.07 Å². The third-order valence-corrected chi connectivity index (χ3v) is 5.07. The molecule has 25 heavy (non-hydrogen) atoms. The molecular formula is C20H18FN3O. The number of nitrogens with one attached hydrogen (secondary N) is 1. The fourth-order valence-corrected chi connectivity index (χ4v) is 3.67. The molecule has 2 aliphatic rings. The predicted octanol–water partition coefficient (Wildman–Crippen LogP) is 3.79. The van der Waals surface area contributed by atoms with Crippen molar-refractivity contribution in [2.24, 2.45) is 0 Å². The van der Waals surface area contributed by atoms with Gasteiger partial charge in [-0.05, 0) is 42.3 Å². The smallest absolute Gasteiger partial charge is 0.226 e. The number of aromatic nitrogens is 2. The Kier molecular flexibility index (Phi) is 3.41. The number of rotatable bonds is 3. The topological polar surface area (TPSA) is 60.9 Å². The van der Waals surface area contributed by atoms with Crippen LogP contribution in [0.25, 0.3) is 11.5 Å². The monoisotopic (exact) mass is 335 g/mol. The van der Waals surface area contributed by atoms with E-state index in [1.807, 2.05) is 12.3 Å². The van der Waals surface area contributed by atoms with Gasteiger partial charge in [0, 0.05) is 48.8 Å². The zero-order valence-electron chi connectivity index (χ0n) is 13.7. The molecule has 2 atom stereocenters. The van der Waals surface area contributed by atoms with Gasteiger partial charge in [0.05, 0.1) is 5.69 Å². The van der Waals surface area contributed by atoms with Gasteiger partial charge in [-0.15, -0.1) is 0 Å². The van der Waals surface area contributed by atoms with E-state index in [-0.39, 0.29) is 5.82 Å². The Morgan fingerprint density at radius 3 is 2.80 bits per heavy atom. The van der Waals surface area contributed by atoms with E-state index in [4.69, 9.17) is 4.42 Å². The molecule has 1 saturated heterocycles. The maximum absolute atomic E-state index is 13.1. The van der Waals surface area contributed by atoms with Crippen molar-refractivity contribution in [3.05, 3.63) is 71.1 Å². The highest BCUT2D eigenvalue weighted by molar-refractivity contribution is 5.53. The molecule has 0 radical (unpaired) electrons. The molecular weight excluding hydrogens is 317 g/mol. The number of aryl methyl sites for hydroxylation is 1. The summed E-state index contributed by atoms with van der Waals surface area (Å²) < 4.78 is 19.1. The van der Waals surface area contributed by atoms with E-state index in [1.165, 1.54) is 23.4 Å². The van der Waals surface area contributed by atoms with Crippen molar-refractivity contribution in [3.63, 3.8) is 0 Å². The highest BCUT2D eigenvalue weighted by Crippen LogP contribution is 2.37. The molecule has 0 bridgehead atoms. The van der Waals surface area contributed by atoms with Crippen LogP contribution in [0, 0.1) is 5.82 Å². The molecule has 2 aromatic heterocycles. The van der Waals surface area contributed by atoms with Gasteiger partial charge in [0.25, 0.3) is 0 Å². The first kappa shape index (κ1) is 14.8. The van der Waals surface area contributed by atoms with Gasteiger partial charge in [0.1, 0.15) is 11.6 Å². The average Bonchev–Trinajstić information content (AvgIpc) is 3.41. The van der Waals surface area contributed by atoms with Crippen LogP contribution in [0.15, 0.2) is 47.0 Å². The molecule has 1 aromatic carbocycles. The minimum absolute atomic E-state index is 0.253. The summed E-state index contributed by atoms with van der Waals surface area (Å²) in [6.07, 6.45) is 4.60. The van der Waals surface area contributed by atoms with E-state index in [0.29, 0.717) is 17.9 Å². The summed E-state index contributed by atoms with van der Waals surface area (Å²) in [6, 6.07) is 10.9. The second kappa shape index (κ2) is 5.77. The van der Waals surface area contributed by atoms with Gasteiger partial charge < -0.3 is 9.73 Å². The summed E-state index contributed by atoms with van der Waals surface area (Å²) >= 11 is 0. The van der Waals surface area contributed by atoms with Crippen molar-refractivity contribution in [1.29, 1.82) is 0 Å². The van der Waals surface area contributed by atoms with Crippen LogP contribution in [-0.4, -0.2) is 16.5 Å². The molecule has 1 aliphatic heterocycles. The van der Waals surface area contributed by atoms with Gasteiger partial charge in [0.2, 0.25) is 5.89 Å². The van der Waals surface area contributed by atoms with Crippen LogP contribution in [0.5, 0.6) is 0 Å². The molecule has 0 saturated carbocycles. The predicted molar refractivity (Wildman–Crippen MR) is 91.6 cm³/mol. The maximum atomic E-state index is 13.1. The molecule has 3 heterocycles. The zero-order chi connectivity index (χ0) is 16.8. The van der Waals surface area contributed by atoms with Crippen LogP contribution in [0.1, 0.15) is 41.1 Å². The molecule has 3 aromatic rings. The van der Waals surface area contributed by atoms with E-state index in [1.54, 1.807) is 12.1 Å². The van der Waals surface area contributed by atoms with Crippen molar-refractivity contribution < 1.29 is 8.81 Å². The molecule has 126 valence electrons. The summed E-state index contributed by atoms with van der Waals surface area (Å²) in [6.45, 7) is 1.04. The molecule has 5 rings (SSSR count). The molecule has 0 amide bonds. The van der Waals surface area contributed by atoms with E-state index in [9.17, 15) is 4.39 Å². The molecule has 1 fully saturated rings. The van der Waals surface area contributed by atoms with Gasteiger partial charge in [0.15, 0.2) is 0 Å². The number of oxazole rings is 1. The minimum atomic E-state index is -0.253. The number of hydrogen-bond acceptors (Lipinski definition) is 4. The first-order valence-corrected chi connectivity index (χ1v) is 8.70. The Balaban J connectivity index is 1.44. The van der Waals surface area contributed by atoms with Crippen LogP contribution < -0.4 is 5.32 Å². The molecule has 5 heteroatoms. The lowest BCUT2D eigenvalue weighted by molar-refractivity contribution is 0.460. The number of hydrogen-bond donors (Lipinski definition) is 1. The first-order valence-electron chi connectivity index (χ1n) is 8.70. The summed E-state index contributed by atoms with van der Waals surface area (Å²) in [7, 11) is 0. The Labute approximate surface area is 145 Å². The van der Waals surface area contributed by atoms with Gasteiger partial charge in [-0.2, -0.15) is 0 Å². The SMILES string of the molecule is Fc1ccc(-c2nc3c(o2)CCC(c2ncccc2C2CN2)C3)cc1. The molecule has 1 aliphatic carbocycles. The summed E-state index contributed by atoms with van der Waals surface area (Å²) in [5, 5.41) is 3.37. The first-order chi connectivity index (χ1) is 12.3. The zero-order valence-corrected chi connectivity index (χ0v) is 13.7. The van der Waals surface area contributed by atoms with Crippen molar-refractivity contribution in [2.45, 2.75) is 31.2 Å². The molecule has 4 nitrogen and oxygen atoms in total. The lowest BCUT2D eigenvalue weighted by atomic mass is 9.85. The molecule has 0 spiro atoms. The standard InChI is InChI=1S/C20H18FN3O/c21-14-6-3-12(4-7-14)20-24-16-10-13(5-8-18(16)25-20)19-15(17-11-23-17)2-1-9-22-19/h1-4,6-7,9,13,17,23H,5,8,10-11H2. The number of benzene rings is 1. The summed E-state index contributed by atoms with van der Waals surface area (Å²) in [5.41, 5.74) is 4.33. The lowest BCUT2D eigenvalue weighted by Gasteiger charge is -2.21. The van der Waals surface area contributed by atoms with Crippen molar-refractivity contribution >= 4 is 0 Å². The van der Waals surface area contributed by atoms with Crippen LogP contribution in [0.2, 0.25) is 0 Å². The van der Waals surface area contributed by atoms with Crippen LogP contribution >= 0.6 is 0 Å². The second-order valence-corrected chi connectivity index (χ2v) is 6.77. The van der Waals surface area contributed by atoms with E-state index < -0.39 is 0 Å². The average molecular weight is 335 g/mol. The largest absolute Gasteiger partial charge is 0.441 e. The van der Waals surface area contributed by atoms with Crippen molar-refractivity contribution in [3.8, 4) is 11.5 Å².